The first-order valence-corrected chi connectivity index (χ1v) is 21.1. The molecule has 4 heterocycles. The average Bonchev–Trinajstić information content (AvgIpc) is 4.04. The minimum Gasteiger partial charge on any atom is -0.481 e. The Balaban J connectivity index is 1.23. The van der Waals surface area contributed by atoms with Gasteiger partial charge in [-0.25, -0.2) is 19.3 Å². The first-order valence-electron chi connectivity index (χ1n) is 17.4. The first-order chi connectivity index (χ1) is 29.3. The molecule has 28 heteroatoms. The van der Waals surface area contributed by atoms with Crippen molar-refractivity contribution in [1.82, 2.24) is 39.7 Å². The van der Waals surface area contributed by atoms with E-state index in [1.165, 1.54) is 68.4 Å². The Bertz CT molecular complexity index is 2420. The number of non-ortho nitro benzene ring substituents is 2. The number of rotatable bonds is 22. The second-order valence-corrected chi connectivity index (χ2v) is 16.1. The fourth-order valence-electron chi connectivity index (χ4n) is 5.04. The van der Waals surface area contributed by atoms with Crippen molar-refractivity contribution in [2.24, 2.45) is 0 Å². The van der Waals surface area contributed by atoms with Crippen molar-refractivity contribution in [3.63, 3.8) is 0 Å². The zero-order chi connectivity index (χ0) is 43.5. The molecule has 2 aromatic carbocycles. The summed E-state index contributed by atoms with van der Waals surface area (Å²) < 4.78 is 2.63. The van der Waals surface area contributed by atoms with Crippen LogP contribution >= 0.6 is 46.2 Å². The van der Waals surface area contributed by atoms with Gasteiger partial charge in [-0.3, -0.25) is 50.3 Å². The number of thiazole rings is 2. The van der Waals surface area contributed by atoms with Gasteiger partial charge in [0.1, 0.15) is 0 Å². The lowest BCUT2D eigenvalue weighted by Crippen LogP contribution is -2.26. The number of nitrogens with zero attached hydrogens (tertiary/aromatic N) is 10. The minimum absolute atomic E-state index is 0.0128. The van der Waals surface area contributed by atoms with Gasteiger partial charge in [-0.2, -0.15) is 0 Å². The van der Waals surface area contributed by atoms with Crippen LogP contribution in [0.5, 0.6) is 0 Å². The number of nitro benzene ring substituents is 2. The lowest BCUT2D eigenvalue weighted by Gasteiger charge is -2.12. The van der Waals surface area contributed by atoms with E-state index in [1.807, 2.05) is 0 Å². The quantitative estimate of drug-likeness (QED) is 0.0241. The van der Waals surface area contributed by atoms with E-state index in [-0.39, 0.29) is 88.3 Å². The smallest absolute Gasteiger partial charge is 0.305 e. The molecule has 0 aliphatic heterocycles. The molecule has 0 aliphatic rings. The molecule has 6 N–H and O–H groups in total. The van der Waals surface area contributed by atoms with Gasteiger partial charge in [-0.05, 0) is 12.1 Å². The minimum atomic E-state index is -0.972. The van der Waals surface area contributed by atoms with Crippen molar-refractivity contribution in [3.8, 4) is 0 Å². The number of thioether (sulfide) groups is 2. The number of anilines is 2. The molecular weight excluding hydrogens is 881 g/mol. The Morgan fingerprint density at radius 1 is 0.672 bits per heavy atom. The number of carboxylic acid groups (broad SMARTS) is 2. The first kappa shape index (κ1) is 43.5. The van der Waals surface area contributed by atoms with Crippen LogP contribution in [0.25, 0.3) is 0 Å². The van der Waals surface area contributed by atoms with E-state index in [9.17, 15) is 39.4 Å². The van der Waals surface area contributed by atoms with Crippen LogP contribution in [0.2, 0.25) is 0 Å². The van der Waals surface area contributed by atoms with Gasteiger partial charge in [-0.15, -0.1) is 43.1 Å². The average molecular weight is 911 g/mol. The van der Waals surface area contributed by atoms with E-state index in [0.29, 0.717) is 21.7 Å². The van der Waals surface area contributed by atoms with Crippen molar-refractivity contribution in [2.75, 3.05) is 39.7 Å². The lowest BCUT2D eigenvalue weighted by atomic mass is 10.2. The SMILES string of the molecule is O=C(O)CCNc1nc(Cc2nnc(SCSc3nnc(Cc4csc(NCCC(=O)O)n4)n3NC(=O)c3cccc([N+](=O)[O-])c3)n2NC(=O)c2cccc([N+](=O)[O-])c2)cs1. The highest BCUT2D eigenvalue weighted by Gasteiger charge is 2.22. The van der Waals surface area contributed by atoms with Gasteiger partial charge >= 0.3 is 11.9 Å². The maximum Gasteiger partial charge on any atom is 0.305 e. The van der Waals surface area contributed by atoms with E-state index in [0.717, 1.165) is 35.7 Å². The molecule has 0 spiro atoms. The Hall–Kier alpha value is -7.04. The van der Waals surface area contributed by atoms with E-state index in [1.54, 1.807) is 10.8 Å². The normalized spacial score (nSPS) is 10.9. The molecule has 0 saturated heterocycles. The molecule has 0 unspecified atom stereocenters. The van der Waals surface area contributed by atoms with Crippen LogP contribution in [-0.4, -0.2) is 102 Å². The Kier molecular flexibility index (Phi) is 14.5. The van der Waals surface area contributed by atoms with Gasteiger partial charge in [0.15, 0.2) is 21.9 Å². The van der Waals surface area contributed by atoms with Gasteiger partial charge in [0.25, 0.3) is 23.2 Å². The number of nitrogens with one attached hydrogen (secondary N) is 4. The summed E-state index contributed by atoms with van der Waals surface area (Å²) in [5.41, 5.74) is 5.83. The van der Waals surface area contributed by atoms with Crippen molar-refractivity contribution in [1.29, 1.82) is 0 Å². The van der Waals surface area contributed by atoms with Gasteiger partial charge in [0.2, 0.25) is 10.3 Å². The Morgan fingerprint density at radius 2 is 1.10 bits per heavy atom. The second kappa shape index (κ2) is 20.3. The van der Waals surface area contributed by atoms with Crippen LogP contribution in [0, 0.1) is 20.2 Å². The fraction of sp³-hybridized carbons (Fsp3) is 0.212. The van der Waals surface area contributed by atoms with Crippen LogP contribution in [0.1, 0.15) is 56.6 Å². The third-order valence-corrected chi connectivity index (χ3v) is 11.5. The standard InChI is InChI=1S/C33H30N14O10S4/c48-26(49)7-9-34-30-36-20(15-58-30)13-24-38-40-32(44(24)42-28(52)18-3-1-5-22(11-18)46(54)55)60-17-61-33-41-39-25(14-21-16-59-31(37-21)35-10-8-27(50)51)45(33)43-29(53)19-4-2-6-23(12-19)47(56)57/h1-6,11-12,15-16H,7-10,13-14,17H2,(H,34,36)(H,35,37)(H,42,52)(H,43,53)(H,48,49)(H,50,51). The number of hydrogen-bond acceptors (Lipinski definition) is 20. The maximum absolute atomic E-state index is 13.4. The van der Waals surface area contributed by atoms with Crippen molar-refractivity contribution >= 4 is 91.6 Å². The predicted octanol–water partition coefficient (Wildman–Crippen LogP) is 4.16. The highest BCUT2D eigenvalue weighted by atomic mass is 32.2. The summed E-state index contributed by atoms with van der Waals surface area (Å²) in [5, 5.41) is 68.5. The Labute approximate surface area is 358 Å². The molecule has 0 saturated carbocycles. The molecule has 6 aromatic rings. The topological polar surface area (TPSA) is 330 Å². The summed E-state index contributed by atoms with van der Waals surface area (Å²) >= 11 is 4.69. The maximum atomic E-state index is 13.4. The number of hydrogen-bond donors (Lipinski definition) is 6. The van der Waals surface area contributed by atoms with E-state index in [2.05, 4.69) is 51.8 Å². The van der Waals surface area contributed by atoms with Crippen molar-refractivity contribution in [2.45, 2.75) is 36.0 Å². The number of nitro groups is 2. The molecule has 4 aromatic heterocycles. The van der Waals surface area contributed by atoms with Gasteiger partial charge < -0.3 is 20.8 Å². The molecule has 0 fully saturated rings. The lowest BCUT2D eigenvalue weighted by molar-refractivity contribution is -0.385. The van der Waals surface area contributed by atoms with Crippen LogP contribution in [0.15, 0.2) is 69.6 Å². The monoisotopic (exact) mass is 910 g/mol. The van der Waals surface area contributed by atoms with Crippen LogP contribution < -0.4 is 21.5 Å². The van der Waals surface area contributed by atoms with Gasteiger partial charge in [0.05, 0.1) is 52.0 Å². The molecule has 6 rings (SSSR count). The molecule has 316 valence electrons. The number of carbonyl (C=O) groups excluding carboxylic acids is 2. The summed E-state index contributed by atoms with van der Waals surface area (Å²) in [6, 6.07) is 10.3. The second-order valence-electron chi connectivity index (χ2n) is 12.2. The van der Waals surface area contributed by atoms with Crippen LogP contribution in [0.3, 0.4) is 0 Å². The van der Waals surface area contributed by atoms with E-state index < -0.39 is 33.6 Å². The molecule has 0 radical (unpaired) electrons. The summed E-state index contributed by atoms with van der Waals surface area (Å²) in [6.45, 7) is 0.312. The third kappa shape index (κ3) is 12.0. The van der Waals surface area contributed by atoms with Gasteiger partial charge in [-0.1, -0.05) is 35.7 Å². The predicted molar refractivity (Wildman–Crippen MR) is 222 cm³/mol. The molecule has 0 bridgehead atoms. The number of benzene rings is 2. The molecule has 0 aliphatic carbocycles. The highest BCUT2D eigenvalue weighted by Crippen LogP contribution is 2.28. The molecule has 2 amide bonds. The number of carboxylic acids is 2. The summed E-state index contributed by atoms with van der Waals surface area (Å²) in [6.07, 6.45) is -0.0892. The largest absolute Gasteiger partial charge is 0.481 e. The zero-order valence-electron chi connectivity index (χ0n) is 31.0. The van der Waals surface area contributed by atoms with Gasteiger partial charge in [0, 0.05) is 59.2 Å². The summed E-state index contributed by atoms with van der Waals surface area (Å²) in [4.78, 5) is 79.2. The van der Waals surface area contributed by atoms with Crippen molar-refractivity contribution < 1.29 is 39.2 Å². The Morgan fingerprint density at radius 3 is 1.49 bits per heavy atom. The highest BCUT2D eigenvalue weighted by molar-refractivity contribution is 8.15. The number of aromatic nitrogens is 8. The molecule has 61 heavy (non-hydrogen) atoms. The molecule has 24 nitrogen and oxygen atoms in total. The van der Waals surface area contributed by atoms with Crippen LogP contribution in [0.4, 0.5) is 21.6 Å². The third-order valence-electron chi connectivity index (χ3n) is 7.85. The zero-order valence-corrected chi connectivity index (χ0v) is 34.3. The summed E-state index contributed by atoms with van der Waals surface area (Å²) in [5.74, 6) is -2.87. The van der Waals surface area contributed by atoms with Crippen LogP contribution in [-0.2, 0) is 22.4 Å². The molecule has 0 atom stereocenters. The summed E-state index contributed by atoms with van der Waals surface area (Å²) in [7, 11) is 0. The number of carbonyl (C=O) groups is 4. The van der Waals surface area contributed by atoms with Crippen molar-refractivity contribution in [3.05, 3.63) is 114 Å². The number of aliphatic carboxylic acids is 2. The fourth-order valence-corrected chi connectivity index (χ4v) is 8.36. The van der Waals surface area contributed by atoms with E-state index >= 15 is 0 Å². The number of amides is 2. The molecular formula is C33H30N14O10S4. The van der Waals surface area contributed by atoms with E-state index in [4.69, 9.17) is 10.2 Å².